The maximum atomic E-state index is 10.4. The van der Waals surface area contributed by atoms with Crippen LogP contribution in [0.5, 0.6) is 0 Å². The van der Waals surface area contributed by atoms with Crippen LogP contribution in [0.1, 0.15) is 0 Å². The molecule has 6 heteroatoms. The summed E-state index contributed by atoms with van der Waals surface area (Å²) in [6.07, 6.45) is 1.58. The minimum atomic E-state index is -0.435. The van der Waals surface area contributed by atoms with E-state index in [9.17, 15) is 10.1 Å². The van der Waals surface area contributed by atoms with Crippen LogP contribution in [0.4, 0.5) is 5.69 Å². The van der Waals surface area contributed by atoms with Gasteiger partial charge in [-0.25, -0.2) is 4.98 Å². The molecule has 2 rings (SSSR count). The van der Waals surface area contributed by atoms with Gasteiger partial charge in [0.15, 0.2) is 5.82 Å². The average Bonchev–Trinajstić information content (AvgIpc) is 2.65. The summed E-state index contributed by atoms with van der Waals surface area (Å²) in [6.45, 7) is 0. The first kappa shape index (κ1) is 9.32. The lowest BCUT2D eigenvalue weighted by Gasteiger charge is -1.94. The standard InChI is InChI=1S/C9H8N4O2/c1-12-6-10-9(11-12)7-2-4-8(5-3-7)13(14)15/h2-6H,1H3. The molecule has 1 aromatic carbocycles. The van der Waals surface area contributed by atoms with E-state index < -0.39 is 4.92 Å². The third kappa shape index (κ3) is 1.83. The molecule has 2 aromatic rings. The summed E-state index contributed by atoms with van der Waals surface area (Å²) < 4.78 is 1.58. The number of aromatic nitrogens is 3. The summed E-state index contributed by atoms with van der Waals surface area (Å²) in [6, 6.07) is 6.14. The highest BCUT2D eigenvalue weighted by molar-refractivity contribution is 5.56. The van der Waals surface area contributed by atoms with Gasteiger partial charge in [-0.3, -0.25) is 14.8 Å². The molecule has 76 valence electrons. The molecule has 0 saturated carbocycles. The molecular formula is C9H8N4O2. The van der Waals surface area contributed by atoms with E-state index in [2.05, 4.69) is 10.1 Å². The van der Waals surface area contributed by atoms with E-state index in [-0.39, 0.29) is 5.69 Å². The van der Waals surface area contributed by atoms with E-state index in [1.165, 1.54) is 12.1 Å². The first-order valence-electron chi connectivity index (χ1n) is 4.27. The zero-order valence-corrected chi connectivity index (χ0v) is 7.99. The minimum Gasteiger partial charge on any atom is -0.258 e. The molecule has 0 atom stereocenters. The number of non-ortho nitro benzene ring substituents is 1. The van der Waals surface area contributed by atoms with E-state index in [1.54, 1.807) is 30.2 Å². The van der Waals surface area contributed by atoms with E-state index in [4.69, 9.17) is 0 Å². The predicted molar refractivity (Wildman–Crippen MR) is 53.1 cm³/mol. The number of nitro groups is 1. The third-order valence-electron chi connectivity index (χ3n) is 1.94. The van der Waals surface area contributed by atoms with Crippen LogP contribution in [-0.4, -0.2) is 19.7 Å². The van der Waals surface area contributed by atoms with Gasteiger partial charge in [0.1, 0.15) is 6.33 Å². The highest BCUT2D eigenvalue weighted by Gasteiger charge is 2.07. The Balaban J connectivity index is 2.35. The number of rotatable bonds is 2. The maximum absolute atomic E-state index is 10.4. The Labute approximate surface area is 85.3 Å². The van der Waals surface area contributed by atoms with Gasteiger partial charge >= 0.3 is 0 Å². The lowest BCUT2D eigenvalue weighted by molar-refractivity contribution is -0.384. The van der Waals surface area contributed by atoms with Gasteiger partial charge in [-0.2, -0.15) is 5.10 Å². The van der Waals surface area contributed by atoms with Crippen molar-refractivity contribution in [2.75, 3.05) is 0 Å². The lowest BCUT2D eigenvalue weighted by Crippen LogP contribution is -1.89. The normalized spacial score (nSPS) is 10.2. The summed E-state index contributed by atoms with van der Waals surface area (Å²) in [5.41, 5.74) is 0.830. The number of nitrogens with zero attached hydrogens (tertiary/aromatic N) is 4. The van der Waals surface area contributed by atoms with Crippen molar-refractivity contribution in [3.8, 4) is 11.4 Å². The van der Waals surface area contributed by atoms with E-state index in [0.717, 1.165) is 5.56 Å². The number of nitro benzene ring substituents is 1. The van der Waals surface area contributed by atoms with Crippen LogP contribution >= 0.6 is 0 Å². The topological polar surface area (TPSA) is 73.8 Å². The second-order valence-electron chi connectivity index (χ2n) is 3.05. The van der Waals surface area contributed by atoms with Gasteiger partial charge in [0, 0.05) is 24.7 Å². The van der Waals surface area contributed by atoms with Crippen molar-refractivity contribution in [3.05, 3.63) is 40.7 Å². The summed E-state index contributed by atoms with van der Waals surface area (Å²) in [5.74, 6) is 0.562. The average molecular weight is 204 g/mol. The second kappa shape index (κ2) is 3.49. The smallest absolute Gasteiger partial charge is 0.258 e. The Kier molecular flexibility index (Phi) is 2.17. The highest BCUT2D eigenvalue weighted by Crippen LogP contribution is 2.18. The van der Waals surface area contributed by atoms with Gasteiger partial charge in [-0.05, 0) is 12.1 Å². The largest absolute Gasteiger partial charge is 0.269 e. The molecule has 15 heavy (non-hydrogen) atoms. The fourth-order valence-corrected chi connectivity index (χ4v) is 1.20. The number of benzene rings is 1. The fraction of sp³-hybridized carbons (Fsp3) is 0.111. The van der Waals surface area contributed by atoms with Crippen LogP contribution in [0.25, 0.3) is 11.4 Å². The first-order chi connectivity index (χ1) is 7.16. The molecule has 0 unspecified atom stereocenters. The Morgan fingerprint density at radius 2 is 2.00 bits per heavy atom. The number of hydrogen-bond acceptors (Lipinski definition) is 4. The van der Waals surface area contributed by atoms with Crippen LogP contribution in [0.3, 0.4) is 0 Å². The molecule has 0 N–H and O–H groups in total. The molecule has 0 fully saturated rings. The van der Waals surface area contributed by atoms with Gasteiger partial charge in [-0.1, -0.05) is 0 Å². The van der Waals surface area contributed by atoms with Gasteiger partial charge in [-0.15, -0.1) is 0 Å². The summed E-state index contributed by atoms with van der Waals surface area (Å²) in [4.78, 5) is 14.0. The maximum Gasteiger partial charge on any atom is 0.269 e. The summed E-state index contributed by atoms with van der Waals surface area (Å²) in [5, 5.41) is 14.5. The van der Waals surface area contributed by atoms with Crippen molar-refractivity contribution in [3.63, 3.8) is 0 Å². The molecule has 0 aliphatic carbocycles. The molecule has 0 spiro atoms. The van der Waals surface area contributed by atoms with Crippen molar-refractivity contribution in [1.29, 1.82) is 0 Å². The van der Waals surface area contributed by atoms with Gasteiger partial charge in [0.05, 0.1) is 4.92 Å². The quantitative estimate of drug-likeness (QED) is 0.547. The van der Waals surface area contributed by atoms with Crippen LogP contribution in [0.2, 0.25) is 0 Å². The third-order valence-corrected chi connectivity index (χ3v) is 1.94. The predicted octanol–water partition coefficient (Wildman–Crippen LogP) is 1.39. The molecule has 0 aliphatic heterocycles. The molecule has 0 bridgehead atoms. The van der Waals surface area contributed by atoms with Crippen LogP contribution < -0.4 is 0 Å². The zero-order valence-electron chi connectivity index (χ0n) is 7.99. The van der Waals surface area contributed by atoms with Crippen LogP contribution in [0, 0.1) is 10.1 Å². The van der Waals surface area contributed by atoms with Gasteiger partial charge in [0.25, 0.3) is 5.69 Å². The van der Waals surface area contributed by atoms with Gasteiger partial charge in [0.2, 0.25) is 0 Å². The molecule has 1 aromatic heterocycles. The van der Waals surface area contributed by atoms with Crippen molar-refractivity contribution in [1.82, 2.24) is 14.8 Å². The SMILES string of the molecule is Cn1cnc(-c2ccc([N+](=O)[O-])cc2)n1. The van der Waals surface area contributed by atoms with Crippen molar-refractivity contribution in [2.45, 2.75) is 0 Å². The van der Waals surface area contributed by atoms with E-state index >= 15 is 0 Å². The van der Waals surface area contributed by atoms with Crippen molar-refractivity contribution >= 4 is 5.69 Å². The van der Waals surface area contributed by atoms with Gasteiger partial charge < -0.3 is 0 Å². The molecule has 6 nitrogen and oxygen atoms in total. The first-order valence-corrected chi connectivity index (χ1v) is 4.27. The Bertz CT molecular complexity index is 489. The fourth-order valence-electron chi connectivity index (χ4n) is 1.20. The molecule has 0 amide bonds. The second-order valence-corrected chi connectivity index (χ2v) is 3.05. The Morgan fingerprint density at radius 1 is 1.33 bits per heavy atom. The van der Waals surface area contributed by atoms with E-state index in [0.29, 0.717) is 5.82 Å². The minimum absolute atomic E-state index is 0.0645. The molecule has 0 aliphatic rings. The molecular weight excluding hydrogens is 196 g/mol. The highest BCUT2D eigenvalue weighted by atomic mass is 16.6. The van der Waals surface area contributed by atoms with E-state index in [1.807, 2.05) is 0 Å². The Morgan fingerprint density at radius 3 is 2.47 bits per heavy atom. The Hall–Kier alpha value is -2.24. The molecule has 0 saturated heterocycles. The van der Waals surface area contributed by atoms with Crippen molar-refractivity contribution in [2.24, 2.45) is 7.05 Å². The zero-order chi connectivity index (χ0) is 10.8. The number of aryl methyl sites for hydroxylation is 1. The molecule has 0 radical (unpaired) electrons. The van der Waals surface area contributed by atoms with Crippen LogP contribution in [0.15, 0.2) is 30.6 Å². The number of hydrogen-bond donors (Lipinski definition) is 0. The summed E-state index contributed by atoms with van der Waals surface area (Å²) in [7, 11) is 1.77. The van der Waals surface area contributed by atoms with Crippen molar-refractivity contribution < 1.29 is 4.92 Å². The monoisotopic (exact) mass is 204 g/mol. The van der Waals surface area contributed by atoms with Crippen LogP contribution in [-0.2, 0) is 7.05 Å². The summed E-state index contributed by atoms with van der Waals surface area (Å²) >= 11 is 0. The molecule has 1 heterocycles. The lowest BCUT2D eigenvalue weighted by atomic mass is 10.2.